The number of nitrogens with one attached hydrogen (secondary N) is 3. The van der Waals surface area contributed by atoms with Crippen LogP contribution in [0.2, 0.25) is 0 Å². The molecule has 0 fully saturated rings. The lowest BCUT2D eigenvalue weighted by Gasteiger charge is -2.11. The number of hydrogen-bond donors (Lipinski definition) is 3. The lowest BCUT2D eigenvalue weighted by molar-refractivity contribution is 0.0600. The van der Waals surface area contributed by atoms with E-state index in [1.165, 1.54) is 29.4 Å². The SMILES string of the molecule is CCc1c(C)c2cc3nc4c(cc(=O)c(C(=O)OC)c-4c4[nH]c(cc5[nH]c(c(CC)c5C)c(-c5ccccc5)c1[nH]2)c(C)c4C)C3C. The number of fused-ring (bicyclic) bond motifs is 8. The average molecular weight is 625 g/mol. The van der Waals surface area contributed by atoms with Crippen molar-refractivity contribution in [2.45, 2.75) is 67.2 Å². The Bertz CT molecular complexity index is 2410. The maximum Gasteiger partial charge on any atom is 0.342 e. The molecule has 7 heteroatoms. The van der Waals surface area contributed by atoms with Crippen molar-refractivity contribution in [2.24, 2.45) is 0 Å². The first-order valence-corrected chi connectivity index (χ1v) is 16.4. The lowest BCUT2D eigenvalue weighted by Crippen LogP contribution is -2.19. The van der Waals surface area contributed by atoms with Crippen molar-refractivity contribution in [3.05, 3.63) is 109 Å². The van der Waals surface area contributed by atoms with Crippen molar-refractivity contribution in [3.8, 4) is 22.4 Å². The smallest absolute Gasteiger partial charge is 0.342 e. The molecule has 8 bridgehead atoms. The van der Waals surface area contributed by atoms with Gasteiger partial charge in [0.05, 0.1) is 35.0 Å². The fourth-order valence-electron chi connectivity index (χ4n) is 7.53. The van der Waals surface area contributed by atoms with Crippen molar-refractivity contribution < 1.29 is 9.53 Å². The summed E-state index contributed by atoms with van der Waals surface area (Å²) in [6, 6.07) is 16.4. The number of aryl methyl sites for hydroxylation is 6. The molecular weight excluding hydrogens is 584 g/mol. The van der Waals surface area contributed by atoms with Gasteiger partial charge in [-0.1, -0.05) is 51.1 Å². The predicted molar refractivity (Wildman–Crippen MR) is 191 cm³/mol. The first kappa shape index (κ1) is 30.5. The molecule has 1 atom stereocenters. The monoisotopic (exact) mass is 624 g/mol. The third-order valence-corrected chi connectivity index (χ3v) is 10.4. The molecule has 1 unspecified atom stereocenters. The average Bonchev–Trinajstić information content (AvgIpc) is 3.74. The van der Waals surface area contributed by atoms with Gasteiger partial charge in [-0.05, 0) is 103 Å². The van der Waals surface area contributed by atoms with E-state index in [9.17, 15) is 9.59 Å². The number of aromatic amines is 3. The molecule has 1 aromatic carbocycles. The van der Waals surface area contributed by atoms with Crippen LogP contribution in [0, 0.1) is 27.7 Å². The summed E-state index contributed by atoms with van der Waals surface area (Å²) in [7, 11) is 1.31. The number of esters is 1. The maximum atomic E-state index is 13.7. The normalized spacial score (nSPS) is 13.7. The number of carbonyl (C=O) groups is 1. The second-order valence-electron chi connectivity index (χ2n) is 12.7. The van der Waals surface area contributed by atoms with Gasteiger partial charge >= 0.3 is 5.97 Å². The molecule has 3 aromatic heterocycles. The van der Waals surface area contributed by atoms with Crippen LogP contribution in [0.5, 0.6) is 0 Å². The first-order chi connectivity index (χ1) is 22.6. The molecule has 47 heavy (non-hydrogen) atoms. The van der Waals surface area contributed by atoms with E-state index in [1.807, 2.05) is 6.92 Å². The molecule has 0 radical (unpaired) electrons. The molecule has 2 aliphatic heterocycles. The van der Waals surface area contributed by atoms with E-state index < -0.39 is 5.97 Å². The molecule has 5 heterocycles. The Morgan fingerprint density at radius 1 is 0.766 bits per heavy atom. The summed E-state index contributed by atoms with van der Waals surface area (Å²) in [6.07, 6.45) is 1.70. The topological polar surface area (TPSA) is 104 Å². The molecule has 3 N–H and O–H groups in total. The number of aromatic nitrogens is 4. The zero-order valence-electron chi connectivity index (χ0n) is 28.3. The first-order valence-electron chi connectivity index (χ1n) is 16.4. The fourth-order valence-corrected chi connectivity index (χ4v) is 7.53. The largest absolute Gasteiger partial charge is 0.465 e. The van der Waals surface area contributed by atoms with Crippen LogP contribution in [0.15, 0.2) is 53.3 Å². The summed E-state index contributed by atoms with van der Waals surface area (Å²) < 4.78 is 5.16. The summed E-state index contributed by atoms with van der Waals surface area (Å²) in [5.74, 6) is -0.826. The highest BCUT2D eigenvalue weighted by molar-refractivity contribution is 6.04. The Hall–Kier alpha value is -5.17. The summed E-state index contributed by atoms with van der Waals surface area (Å²) in [5, 5.41) is 0. The van der Waals surface area contributed by atoms with Gasteiger partial charge in [-0.2, -0.15) is 0 Å². The van der Waals surface area contributed by atoms with Gasteiger partial charge in [0.25, 0.3) is 0 Å². The summed E-state index contributed by atoms with van der Waals surface area (Å²) in [6.45, 7) is 14.9. The predicted octanol–water partition coefficient (Wildman–Crippen LogP) is 8.95. The summed E-state index contributed by atoms with van der Waals surface area (Å²) in [5.41, 5.74) is 17.3. The third kappa shape index (κ3) is 4.51. The maximum absolute atomic E-state index is 13.7. The van der Waals surface area contributed by atoms with Gasteiger partial charge in [-0.15, -0.1) is 0 Å². The van der Waals surface area contributed by atoms with Crippen molar-refractivity contribution >= 4 is 39.1 Å². The second kappa shape index (κ2) is 11.3. The standard InChI is InChI=1S/C40H40N4O3/c1-9-25-21(5)29-17-28-19(3)20(4)36(41-28)35-34(40(46)47-8)32(45)16-27-23(7)31(44-39(27)35)18-30-22(6)26(10-2)38(43-30)33(37(25)42-29)24-14-12-11-13-15-24/h11-18,23,41-43H,9-10H2,1-8H3. The molecule has 7 nitrogen and oxygen atoms in total. The molecule has 3 aliphatic rings. The van der Waals surface area contributed by atoms with E-state index >= 15 is 0 Å². The third-order valence-electron chi connectivity index (χ3n) is 10.4. The van der Waals surface area contributed by atoms with Gasteiger partial charge in [-0.3, -0.25) is 9.78 Å². The number of methoxy groups -OCH3 is 1. The minimum Gasteiger partial charge on any atom is -0.465 e. The van der Waals surface area contributed by atoms with Crippen LogP contribution in [-0.4, -0.2) is 33.0 Å². The zero-order valence-corrected chi connectivity index (χ0v) is 28.3. The van der Waals surface area contributed by atoms with Gasteiger partial charge in [0.2, 0.25) is 0 Å². The number of nitrogens with zero attached hydrogens (tertiary/aromatic N) is 1. The van der Waals surface area contributed by atoms with Crippen LogP contribution in [0.3, 0.4) is 0 Å². The van der Waals surface area contributed by atoms with Gasteiger partial charge in [-0.25, -0.2) is 4.79 Å². The van der Waals surface area contributed by atoms with Crippen LogP contribution in [0.25, 0.3) is 55.5 Å². The molecule has 238 valence electrons. The molecule has 0 saturated carbocycles. The van der Waals surface area contributed by atoms with Crippen molar-refractivity contribution in [3.63, 3.8) is 0 Å². The molecule has 1 aliphatic carbocycles. The highest BCUT2D eigenvalue weighted by Crippen LogP contribution is 2.42. The Balaban J connectivity index is 1.78. The van der Waals surface area contributed by atoms with Crippen molar-refractivity contribution in [2.75, 3.05) is 7.11 Å². The number of carbonyl (C=O) groups excluding carboxylic acids is 1. The Kier molecular flexibility index (Phi) is 7.31. The molecular formula is C40H40N4O3. The van der Waals surface area contributed by atoms with E-state index in [1.54, 1.807) is 6.07 Å². The Labute approximate surface area is 273 Å². The number of benzene rings is 2. The highest BCUT2D eigenvalue weighted by atomic mass is 16.5. The van der Waals surface area contributed by atoms with E-state index in [4.69, 9.17) is 9.72 Å². The molecule has 7 rings (SSSR count). The van der Waals surface area contributed by atoms with Gasteiger partial charge in [0.15, 0.2) is 5.43 Å². The summed E-state index contributed by atoms with van der Waals surface area (Å²) in [4.78, 5) is 43.4. The summed E-state index contributed by atoms with van der Waals surface area (Å²) >= 11 is 0. The molecule has 4 aromatic rings. The fraction of sp³-hybridized carbons (Fsp3) is 0.275. The lowest BCUT2D eigenvalue weighted by atomic mass is 9.91. The quantitative estimate of drug-likeness (QED) is 0.170. The van der Waals surface area contributed by atoms with Crippen molar-refractivity contribution in [1.82, 2.24) is 19.9 Å². The number of rotatable bonds is 4. The van der Waals surface area contributed by atoms with Crippen LogP contribution < -0.4 is 5.43 Å². The number of hydrogen-bond acceptors (Lipinski definition) is 4. The second-order valence-corrected chi connectivity index (χ2v) is 12.7. The number of ether oxygens (including phenoxy) is 1. The Morgan fingerprint density at radius 3 is 1.94 bits per heavy atom. The van der Waals surface area contributed by atoms with E-state index in [0.717, 1.165) is 73.9 Å². The van der Waals surface area contributed by atoms with E-state index in [0.29, 0.717) is 16.8 Å². The molecule has 0 spiro atoms. The van der Waals surface area contributed by atoms with Crippen LogP contribution in [-0.2, 0) is 17.6 Å². The zero-order chi connectivity index (χ0) is 33.3. The Morgan fingerprint density at radius 2 is 1.34 bits per heavy atom. The van der Waals surface area contributed by atoms with Crippen LogP contribution >= 0.6 is 0 Å². The van der Waals surface area contributed by atoms with Crippen LogP contribution in [0.4, 0.5) is 0 Å². The van der Waals surface area contributed by atoms with Gasteiger partial charge < -0.3 is 19.7 Å². The molecule has 0 amide bonds. The minimum atomic E-state index is -0.668. The van der Waals surface area contributed by atoms with E-state index in [-0.39, 0.29) is 16.9 Å². The van der Waals surface area contributed by atoms with Gasteiger partial charge in [0, 0.05) is 33.6 Å². The molecule has 0 saturated heterocycles. The minimum absolute atomic E-state index is 0.000730. The van der Waals surface area contributed by atoms with E-state index in [2.05, 4.69) is 99.0 Å². The van der Waals surface area contributed by atoms with Crippen molar-refractivity contribution in [1.29, 1.82) is 0 Å². The van der Waals surface area contributed by atoms with Crippen LogP contribution in [0.1, 0.15) is 81.7 Å². The van der Waals surface area contributed by atoms with Gasteiger partial charge in [0.1, 0.15) is 5.56 Å². The number of H-pyrrole nitrogens is 3. The highest BCUT2D eigenvalue weighted by Gasteiger charge is 2.32.